The number of hydrogen-bond acceptors (Lipinski definition) is 5. The second-order valence-corrected chi connectivity index (χ2v) is 8.91. The van der Waals surface area contributed by atoms with Crippen LogP contribution in [0.15, 0.2) is 17.2 Å². The van der Waals surface area contributed by atoms with Gasteiger partial charge in [-0.1, -0.05) is 23.2 Å². The fourth-order valence-electron chi connectivity index (χ4n) is 3.17. The minimum absolute atomic E-state index is 0.100. The largest absolute Gasteiger partial charge is 0.379 e. The molecule has 1 aromatic rings. The molecule has 0 spiro atoms. The van der Waals surface area contributed by atoms with Crippen molar-refractivity contribution in [3.8, 4) is 0 Å². The topological polar surface area (TPSA) is 62.7 Å². The van der Waals surface area contributed by atoms with E-state index >= 15 is 0 Å². The number of ether oxygens (including phenoxy) is 1. The molecule has 24 heavy (non-hydrogen) atoms. The lowest BCUT2D eigenvalue weighted by Crippen LogP contribution is -2.44. The van der Waals surface area contributed by atoms with Crippen LogP contribution >= 0.6 is 23.2 Å². The van der Waals surface area contributed by atoms with Gasteiger partial charge in [-0.2, -0.15) is 4.31 Å². The molecule has 2 saturated heterocycles. The van der Waals surface area contributed by atoms with Crippen LogP contribution in [0, 0.1) is 5.92 Å². The van der Waals surface area contributed by atoms with E-state index in [-0.39, 0.29) is 15.1 Å². The zero-order valence-electron chi connectivity index (χ0n) is 13.3. The van der Waals surface area contributed by atoms with Crippen molar-refractivity contribution in [2.45, 2.75) is 17.7 Å². The molecule has 0 N–H and O–H groups in total. The van der Waals surface area contributed by atoms with Gasteiger partial charge in [-0.15, -0.1) is 0 Å². The van der Waals surface area contributed by atoms with Gasteiger partial charge in [-0.25, -0.2) is 13.4 Å². The zero-order chi connectivity index (χ0) is 17.2. The van der Waals surface area contributed by atoms with Gasteiger partial charge in [0.2, 0.25) is 10.0 Å². The van der Waals surface area contributed by atoms with E-state index in [9.17, 15) is 8.42 Å². The second kappa shape index (κ2) is 7.85. The van der Waals surface area contributed by atoms with Crippen LogP contribution < -0.4 is 0 Å². The summed E-state index contributed by atoms with van der Waals surface area (Å²) in [4.78, 5) is 6.35. The predicted octanol–water partition coefficient (Wildman–Crippen LogP) is 2.12. The average Bonchev–Trinajstić information content (AvgIpc) is 2.58. The maximum atomic E-state index is 12.7. The lowest BCUT2D eigenvalue weighted by Gasteiger charge is -2.35. The Labute approximate surface area is 152 Å². The van der Waals surface area contributed by atoms with Gasteiger partial charge in [-0.05, 0) is 24.8 Å². The molecule has 0 saturated carbocycles. The van der Waals surface area contributed by atoms with Crippen molar-refractivity contribution < 1.29 is 13.2 Å². The van der Waals surface area contributed by atoms with E-state index in [1.165, 1.54) is 16.6 Å². The highest BCUT2D eigenvalue weighted by atomic mass is 35.5. The molecule has 3 heterocycles. The summed E-state index contributed by atoms with van der Waals surface area (Å²) < 4.78 is 32.3. The van der Waals surface area contributed by atoms with Crippen molar-refractivity contribution in [1.29, 1.82) is 0 Å². The second-order valence-electron chi connectivity index (χ2n) is 6.20. The molecule has 9 heteroatoms. The van der Waals surface area contributed by atoms with Crippen molar-refractivity contribution in [1.82, 2.24) is 14.2 Å². The summed E-state index contributed by atoms with van der Waals surface area (Å²) in [6, 6.07) is 1.37. The monoisotopic (exact) mass is 393 g/mol. The minimum atomic E-state index is -3.56. The van der Waals surface area contributed by atoms with Crippen LogP contribution in [0.5, 0.6) is 0 Å². The van der Waals surface area contributed by atoms with Gasteiger partial charge >= 0.3 is 0 Å². The van der Waals surface area contributed by atoms with Crippen molar-refractivity contribution in [2.75, 3.05) is 45.9 Å². The average molecular weight is 394 g/mol. The van der Waals surface area contributed by atoms with Gasteiger partial charge < -0.3 is 4.74 Å². The van der Waals surface area contributed by atoms with Crippen LogP contribution in [-0.2, 0) is 14.8 Å². The van der Waals surface area contributed by atoms with Gasteiger partial charge in [0.1, 0.15) is 10.0 Å². The first-order valence-corrected chi connectivity index (χ1v) is 10.3. The standard InChI is InChI=1S/C15H21Cl2N3O3S/c16-14-9-13(10-18-15(14)17)24(21,22)20-3-1-12(2-4-20)11-19-5-7-23-8-6-19/h9-10,12H,1-8,11H2. The van der Waals surface area contributed by atoms with Crippen LogP contribution in [-0.4, -0.2) is 68.5 Å². The maximum Gasteiger partial charge on any atom is 0.244 e. The number of aromatic nitrogens is 1. The number of rotatable bonds is 4. The molecular formula is C15H21Cl2N3O3S. The third-order valence-corrected chi connectivity index (χ3v) is 7.15. The van der Waals surface area contributed by atoms with Crippen molar-refractivity contribution in [3.63, 3.8) is 0 Å². The molecule has 0 unspecified atom stereocenters. The summed E-state index contributed by atoms with van der Waals surface area (Å²) in [6.07, 6.45) is 3.00. The van der Waals surface area contributed by atoms with Crippen LogP contribution in [0.3, 0.4) is 0 Å². The quantitative estimate of drug-likeness (QED) is 0.733. The Morgan fingerprint density at radius 1 is 1.17 bits per heavy atom. The first-order valence-electron chi connectivity index (χ1n) is 8.08. The van der Waals surface area contributed by atoms with E-state index in [1.54, 1.807) is 0 Å². The van der Waals surface area contributed by atoms with Crippen molar-refractivity contribution >= 4 is 33.2 Å². The summed E-state index contributed by atoms with van der Waals surface area (Å²) in [5, 5.41) is 0.264. The highest BCUT2D eigenvalue weighted by Crippen LogP contribution is 2.27. The molecule has 1 aromatic heterocycles. The molecule has 0 atom stereocenters. The van der Waals surface area contributed by atoms with E-state index in [2.05, 4.69) is 9.88 Å². The molecule has 2 fully saturated rings. The summed E-state index contributed by atoms with van der Waals surface area (Å²) in [6.45, 7) is 5.58. The molecule has 0 aliphatic carbocycles. The van der Waals surface area contributed by atoms with E-state index in [0.29, 0.717) is 19.0 Å². The molecule has 2 aliphatic rings. The molecule has 2 aliphatic heterocycles. The number of nitrogens with zero attached hydrogens (tertiary/aromatic N) is 3. The molecule has 0 radical (unpaired) electrons. The Hall–Kier alpha value is -0.440. The number of piperidine rings is 1. The lowest BCUT2D eigenvalue weighted by atomic mass is 9.97. The van der Waals surface area contributed by atoms with Crippen molar-refractivity contribution in [2.24, 2.45) is 5.92 Å². The summed E-state index contributed by atoms with van der Waals surface area (Å²) in [5.74, 6) is 0.529. The maximum absolute atomic E-state index is 12.7. The normalized spacial score (nSPS) is 21.9. The van der Waals surface area contributed by atoms with Gasteiger partial charge in [0, 0.05) is 38.9 Å². The highest BCUT2D eigenvalue weighted by molar-refractivity contribution is 7.89. The molecule has 0 aromatic carbocycles. The third kappa shape index (κ3) is 4.20. The van der Waals surface area contributed by atoms with E-state index < -0.39 is 10.0 Å². The first kappa shape index (κ1) is 18.4. The van der Waals surface area contributed by atoms with Gasteiger partial charge in [-0.3, -0.25) is 4.90 Å². The number of hydrogen-bond donors (Lipinski definition) is 0. The third-order valence-electron chi connectivity index (χ3n) is 4.60. The SMILES string of the molecule is O=S(=O)(c1cnc(Cl)c(Cl)c1)N1CCC(CN2CCOCC2)CC1. The first-order chi connectivity index (χ1) is 11.5. The Morgan fingerprint density at radius 2 is 1.83 bits per heavy atom. The molecular weight excluding hydrogens is 373 g/mol. The van der Waals surface area contributed by atoms with E-state index in [4.69, 9.17) is 27.9 Å². The number of morpholine rings is 1. The van der Waals surface area contributed by atoms with Crippen molar-refractivity contribution in [3.05, 3.63) is 22.4 Å². The molecule has 0 bridgehead atoms. The van der Waals surface area contributed by atoms with Gasteiger partial charge in [0.05, 0.1) is 18.2 Å². The highest BCUT2D eigenvalue weighted by Gasteiger charge is 2.30. The Morgan fingerprint density at radius 3 is 2.46 bits per heavy atom. The molecule has 6 nitrogen and oxygen atoms in total. The van der Waals surface area contributed by atoms with Gasteiger partial charge in [0.25, 0.3) is 0 Å². The summed E-state index contributed by atoms with van der Waals surface area (Å²) in [5.41, 5.74) is 0. The van der Waals surface area contributed by atoms with Crippen LogP contribution in [0.4, 0.5) is 0 Å². The Balaban J connectivity index is 1.59. The van der Waals surface area contributed by atoms with Crippen LogP contribution in [0.2, 0.25) is 10.2 Å². The Kier molecular flexibility index (Phi) is 6.00. The fourth-order valence-corrected chi connectivity index (χ4v) is 4.95. The van der Waals surface area contributed by atoms with E-state index in [1.807, 2.05) is 0 Å². The smallest absolute Gasteiger partial charge is 0.244 e. The molecule has 3 rings (SSSR count). The number of sulfonamides is 1. The number of halogens is 2. The number of pyridine rings is 1. The summed E-state index contributed by atoms with van der Waals surface area (Å²) >= 11 is 11.7. The van der Waals surface area contributed by atoms with E-state index in [0.717, 1.165) is 45.7 Å². The van der Waals surface area contributed by atoms with Crippen LogP contribution in [0.25, 0.3) is 0 Å². The predicted molar refractivity (Wildman–Crippen MR) is 93.0 cm³/mol. The zero-order valence-corrected chi connectivity index (χ0v) is 15.7. The minimum Gasteiger partial charge on any atom is -0.379 e. The lowest BCUT2D eigenvalue weighted by molar-refractivity contribution is 0.0269. The summed E-state index contributed by atoms with van der Waals surface area (Å²) in [7, 11) is -3.56. The Bertz CT molecular complexity index is 673. The van der Waals surface area contributed by atoms with Crippen LogP contribution in [0.1, 0.15) is 12.8 Å². The van der Waals surface area contributed by atoms with Gasteiger partial charge in [0.15, 0.2) is 0 Å². The fraction of sp³-hybridized carbons (Fsp3) is 0.667. The molecule has 0 amide bonds. The molecule has 134 valence electrons.